The van der Waals surface area contributed by atoms with Crippen molar-refractivity contribution in [1.29, 1.82) is 0 Å². The number of methoxy groups -OCH3 is 1. The number of rotatable bonds is 1. The van der Waals surface area contributed by atoms with E-state index in [0.29, 0.717) is 0 Å². The van der Waals surface area contributed by atoms with Crippen LogP contribution in [-0.2, 0) is 9.53 Å². The lowest BCUT2D eigenvalue weighted by Gasteiger charge is -2.10. The van der Waals surface area contributed by atoms with E-state index in [-0.39, 0.29) is 11.9 Å². The maximum absolute atomic E-state index is 11.0. The average molecular weight is 152 g/mol. The van der Waals surface area contributed by atoms with Gasteiger partial charge in [0.2, 0.25) is 0 Å². The lowest BCUT2D eigenvalue weighted by molar-refractivity contribution is -0.142. The van der Waals surface area contributed by atoms with Crippen LogP contribution in [0.4, 0.5) is 0 Å². The molecule has 1 aliphatic carbocycles. The van der Waals surface area contributed by atoms with Crippen molar-refractivity contribution in [2.75, 3.05) is 7.11 Å². The molecule has 0 aliphatic heterocycles. The number of carbonyl (C=O) groups is 1. The third-order valence-electron chi connectivity index (χ3n) is 1.72. The van der Waals surface area contributed by atoms with Crippen molar-refractivity contribution in [3.05, 3.63) is 23.8 Å². The number of esters is 1. The minimum atomic E-state index is -0.180. The molecule has 0 heterocycles. The van der Waals surface area contributed by atoms with Crippen LogP contribution in [0.2, 0.25) is 0 Å². The largest absolute Gasteiger partial charge is 0.468 e. The van der Waals surface area contributed by atoms with Crippen LogP contribution in [0.1, 0.15) is 13.3 Å². The zero-order chi connectivity index (χ0) is 8.27. The molecule has 0 aromatic rings. The molecule has 11 heavy (non-hydrogen) atoms. The highest BCUT2D eigenvalue weighted by Gasteiger charge is 2.14. The molecule has 0 amide bonds. The van der Waals surface area contributed by atoms with E-state index in [2.05, 4.69) is 4.74 Å². The van der Waals surface area contributed by atoms with Gasteiger partial charge in [-0.25, -0.2) is 0 Å². The Morgan fingerprint density at radius 1 is 1.73 bits per heavy atom. The zero-order valence-electron chi connectivity index (χ0n) is 6.83. The minimum Gasteiger partial charge on any atom is -0.468 e. The first-order chi connectivity index (χ1) is 5.24. The fourth-order valence-corrected chi connectivity index (χ4v) is 1.11. The van der Waals surface area contributed by atoms with E-state index < -0.39 is 0 Å². The molecule has 0 bridgehead atoms. The standard InChI is InChI=1S/C9H12O2/c1-7-4-3-5-8(6-7)9(10)11-2/h3,5-6,8H,4H2,1-2H3. The molecule has 0 saturated carbocycles. The number of allylic oxidation sites excluding steroid dienone is 2. The van der Waals surface area contributed by atoms with Gasteiger partial charge in [0.1, 0.15) is 0 Å². The second kappa shape index (κ2) is 3.37. The highest BCUT2D eigenvalue weighted by Crippen LogP contribution is 2.16. The van der Waals surface area contributed by atoms with Crippen LogP contribution in [0.25, 0.3) is 0 Å². The summed E-state index contributed by atoms with van der Waals surface area (Å²) < 4.78 is 4.60. The average Bonchev–Trinajstić information content (AvgIpc) is 2.03. The Balaban J connectivity index is 2.65. The van der Waals surface area contributed by atoms with Crippen LogP contribution < -0.4 is 0 Å². The molecule has 0 spiro atoms. The molecule has 1 aliphatic rings. The van der Waals surface area contributed by atoms with Crippen LogP contribution in [-0.4, -0.2) is 13.1 Å². The van der Waals surface area contributed by atoms with Crippen LogP contribution in [0.5, 0.6) is 0 Å². The lowest BCUT2D eigenvalue weighted by atomic mass is 9.98. The first-order valence-corrected chi connectivity index (χ1v) is 3.66. The molecule has 1 atom stereocenters. The Labute approximate surface area is 66.5 Å². The predicted molar refractivity (Wildman–Crippen MR) is 43.0 cm³/mol. The molecule has 0 radical (unpaired) electrons. The second-order valence-corrected chi connectivity index (χ2v) is 2.69. The fourth-order valence-electron chi connectivity index (χ4n) is 1.11. The monoisotopic (exact) mass is 152 g/mol. The Morgan fingerprint density at radius 3 is 3.00 bits per heavy atom. The summed E-state index contributed by atoms with van der Waals surface area (Å²) in [5.74, 6) is -0.339. The fraction of sp³-hybridized carbons (Fsp3) is 0.444. The van der Waals surface area contributed by atoms with E-state index in [4.69, 9.17) is 0 Å². The van der Waals surface area contributed by atoms with Crippen molar-refractivity contribution in [3.8, 4) is 0 Å². The van der Waals surface area contributed by atoms with Crippen molar-refractivity contribution in [1.82, 2.24) is 0 Å². The Kier molecular flexibility index (Phi) is 2.47. The van der Waals surface area contributed by atoms with Gasteiger partial charge >= 0.3 is 5.97 Å². The molecule has 0 fully saturated rings. The molecule has 1 rings (SSSR count). The van der Waals surface area contributed by atoms with Crippen molar-refractivity contribution >= 4 is 5.97 Å². The highest BCUT2D eigenvalue weighted by molar-refractivity contribution is 5.76. The topological polar surface area (TPSA) is 26.3 Å². The molecule has 0 N–H and O–H groups in total. The Hall–Kier alpha value is -1.05. The minimum absolute atomic E-state index is 0.159. The first kappa shape index (κ1) is 8.05. The van der Waals surface area contributed by atoms with Gasteiger partial charge in [0.05, 0.1) is 13.0 Å². The molecule has 0 saturated heterocycles. The van der Waals surface area contributed by atoms with Gasteiger partial charge in [0, 0.05) is 0 Å². The van der Waals surface area contributed by atoms with Crippen molar-refractivity contribution in [3.63, 3.8) is 0 Å². The summed E-state index contributed by atoms with van der Waals surface area (Å²) in [6.45, 7) is 2.01. The van der Waals surface area contributed by atoms with Gasteiger partial charge in [-0.1, -0.05) is 23.8 Å². The van der Waals surface area contributed by atoms with Crippen molar-refractivity contribution in [2.45, 2.75) is 13.3 Å². The Morgan fingerprint density at radius 2 is 2.45 bits per heavy atom. The molecule has 0 aromatic heterocycles. The quantitative estimate of drug-likeness (QED) is 0.422. The van der Waals surface area contributed by atoms with Gasteiger partial charge < -0.3 is 4.74 Å². The number of hydrogen-bond donors (Lipinski definition) is 0. The van der Waals surface area contributed by atoms with Crippen LogP contribution >= 0.6 is 0 Å². The Bertz CT molecular complexity index is 214. The molecule has 1 unspecified atom stereocenters. The maximum Gasteiger partial charge on any atom is 0.316 e. The van der Waals surface area contributed by atoms with E-state index in [1.165, 1.54) is 12.7 Å². The molecule has 2 heteroatoms. The number of carbonyl (C=O) groups excluding carboxylic acids is 1. The first-order valence-electron chi connectivity index (χ1n) is 3.66. The third-order valence-corrected chi connectivity index (χ3v) is 1.72. The molecular formula is C9H12O2. The van der Waals surface area contributed by atoms with Gasteiger partial charge in [-0.15, -0.1) is 0 Å². The summed E-state index contributed by atoms with van der Waals surface area (Å²) in [7, 11) is 1.41. The highest BCUT2D eigenvalue weighted by atomic mass is 16.5. The second-order valence-electron chi connectivity index (χ2n) is 2.69. The van der Waals surface area contributed by atoms with Gasteiger partial charge in [-0.2, -0.15) is 0 Å². The molecule has 60 valence electrons. The van der Waals surface area contributed by atoms with E-state index in [9.17, 15) is 4.79 Å². The smallest absolute Gasteiger partial charge is 0.316 e. The van der Waals surface area contributed by atoms with E-state index in [0.717, 1.165) is 6.42 Å². The summed E-state index contributed by atoms with van der Waals surface area (Å²) >= 11 is 0. The molecule has 2 nitrogen and oxygen atoms in total. The molecule has 0 aromatic carbocycles. The van der Waals surface area contributed by atoms with Crippen molar-refractivity contribution in [2.24, 2.45) is 5.92 Å². The summed E-state index contributed by atoms with van der Waals surface area (Å²) in [4.78, 5) is 11.0. The number of hydrogen-bond acceptors (Lipinski definition) is 2. The lowest BCUT2D eigenvalue weighted by Crippen LogP contribution is -2.13. The summed E-state index contributed by atoms with van der Waals surface area (Å²) in [6.07, 6.45) is 6.76. The molecular weight excluding hydrogens is 140 g/mol. The van der Waals surface area contributed by atoms with E-state index >= 15 is 0 Å². The summed E-state index contributed by atoms with van der Waals surface area (Å²) in [5, 5.41) is 0. The van der Waals surface area contributed by atoms with Crippen molar-refractivity contribution < 1.29 is 9.53 Å². The normalized spacial score (nSPS) is 22.7. The van der Waals surface area contributed by atoms with Crippen LogP contribution in [0.15, 0.2) is 23.8 Å². The number of ether oxygens (including phenoxy) is 1. The zero-order valence-corrected chi connectivity index (χ0v) is 6.83. The van der Waals surface area contributed by atoms with Gasteiger partial charge in [0.25, 0.3) is 0 Å². The van der Waals surface area contributed by atoms with E-state index in [1.54, 1.807) is 0 Å². The van der Waals surface area contributed by atoms with Crippen LogP contribution in [0, 0.1) is 5.92 Å². The van der Waals surface area contributed by atoms with Gasteiger partial charge in [-0.3, -0.25) is 4.79 Å². The van der Waals surface area contributed by atoms with Crippen LogP contribution in [0.3, 0.4) is 0 Å². The van der Waals surface area contributed by atoms with Gasteiger partial charge in [0.15, 0.2) is 0 Å². The van der Waals surface area contributed by atoms with E-state index in [1.807, 2.05) is 25.2 Å². The van der Waals surface area contributed by atoms with Gasteiger partial charge in [-0.05, 0) is 13.3 Å². The third kappa shape index (κ3) is 1.93. The maximum atomic E-state index is 11.0. The summed E-state index contributed by atoms with van der Waals surface area (Å²) in [5.41, 5.74) is 1.22. The SMILES string of the molecule is COC(=O)C1C=CCC(C)=C1. The summed E-state index contributed by atoms with van der Waals surface area (Å²) in [6, 6.07) is 0. The predicted octanol–water partition coefficient (Wildman–Crippen LogP) is 1.68.